The van der Waals surface area contributed by atoms with Gasteiger partial charge in [0.2, 0.25) is 5.91 Å². The molecule has 1 aromatic rings. The van der Waals surface area contributed by atoms with E-state index >= 15 is 0 Å². The number of amides is 1. The molecule has 5 nitrogen and oxygen atoms in total. The van der Waals surface area contributed by atoms with Crippen molar-refractivity contribution in [1.29, 1.82) is 5.26 Å². The number of nitrogens with zero attached hydrogens (tertiary/aromatic N) is 2. The topological polar surface area (TPSA) is 65.4 Å². The monoisotopic (exact) mass is 259 g/mol. The molecule has 1 heterocycles. The van der Waals surface area contributed by atoms with E-state index in [1.807, 2.05) is 25.1 Å². The molecule has 0 saturated carbocycles. The second kappa shape index (κ2) is 5.72. The fourth-order valence-electron chi connectivity index (χ4n) is 2.27. The minimum atomic E-state index is -0.593. The number of carbonyl (C=O) groups is 1. The maximum absolute atomic E-state index is 11.9. The Morgan fingerprint density at radius 3 is 2.95 bits per heavy atom. The van der Waals surface area contributed by atoms with Crippen molar-refractivity contribution >= 4 is 5.91 Å². The largest absolute Gasteiger partial charge is 0.496 e. The molecular weight excluding hydrogens is 242 g/mol. The number of aryl methyl sites for hydroxylation is 1. The molecule has 1 saturated heterocycles. The molecule has 0 aliphatic carbocycles. The SMILES string of the molecule is COc1ccc(C)cc1C(C#N)N1CCNCC1=O. The van der Waals surface area contributed by atoms with Gasteiger partial charge in [0.05, 0.1) is 19.7 Å². The van der Waals surface area contributed by atoms with Crippen LogP contribution in [0, 0.1) is 18.3 Å². The van der Waals surface area contributed by atoms with Crippen molar-refractivity contribution in [2.45, 2.75) is 13.0 Å². The molecule has 0 bridgehead atoms. The van der Waals surface area contributed by atoms with E-state index in [1.54, 1.807) is 12.0 Å². The van der Waals surface area contributed by atoms with Crippen molar-refractivity contribution in [2.24, 2.45) is 0 Å². The van der Waals surface area contributed by atoms with Crippen molar-refractivity contribution in [1.82, 2.24) is 10.2 Å². The van der Waals surface area contributed by atoms with Crippen LogP contribution in [0.1, 0.15) is 17.2 Å². The highest BCUT2D eigenvalue weighted by Crippen LogP contribution is 2.30. The summed E-state index contributed by atoms with van der Waals surface area (Å²) in [7, 11) is 1.57. The number of hydrogen-bond donors (Lipinski definition) is 1. The van der Waals surface area contributed by atoms with E-state index in [-0.39, 0.29) is 12.5 Å². The first kappa shape index (κ1) is 13.4. The Morgan fingerprint density at radius 1 is 1.53 bits per heavy atom. The third kappa shape index (κ3) is 2.69. The molecule has 1 aromatic carbocycles. The third-order valence-electron chi connectivity index (χ3n) is 3.24. The van der Waals surface area contributed by atoms with E-state index in [0.717, 1.165) is 11.1 Å². The zero-order chi connectivity index (χ0) is 13.8. The van der Waals surface area contributed by atoms with E-state index in [1.165, 1.54) is 0 Å². The van der Waals surface area contributed by atoms with E-state index < -0.39 is 6.04 Å². The lowest BCUT2D eigenvalue weighted by molar-refractivity contribution is -0.133. The summed E-state index contributed by atoms with van der Waals surface area (Å²) >= 11 is 0. The summed E-state index contributed by atoms with van der Waals surface area (Å²) < 4.78 is 5.30. The van der Waals surface area contributed by atoms with Gasteiger partial charge in [-0.3, -0.25) is 4.79 Å². The van der Waals surface area contributed by atoms with E-state index in [2.05, 4.69) is 11.4 Å². The van der Waals surface area contributed by atoms with Crippen LogP contribution in [0.25, 0.3) is 0 Å². The number of benzene rings is 1. The summed E-state index contributed by atoms with van der Waals surface area (Å²) in [6, 6.07) is 7.29. The number of methoxy groups -OCH3 is 1. The molecule has 1 N–H and O–H groups in total. The number of rotatable bonds is 3. The molecule has 1 fully saturated rings. The highest BCUT2D eigenvalue weighted by Gasteiger charge is 2.29. The quantitative estimate of drug-likeness (QED) is 0.879. The Hall–Kier alpha value is -2.06. The number of nitrogens with one attached hydrogen (secondary N) is 1. The minimum absolute atomic E-state index is 0.0543. The van der Waals surface area contributed by atoms with Crippen LogP contribution in [-0.2, 0) is 4.79 Å². The normalized spacial score (nSPS) is 16.9. The van der Waals surface area contributed by atoms with Crippen LogP contribution in [0.3, 0.4) is 0 Å². The van der Waals surface area contributed by atoms with Gasteiger partial charge in [-0.2, -0.15) is 5.26 Å². The average Bonchev–Trinajstić information content (AvgIpc) is 2.42. The van der Waals surface area contributed by atoms with E-state index in [4.69, 9.17) is 4.74 Å². The number of nitriles is 1. The maximum atomic E-state index is 11.9. The van der Waals surface area contributed by atoms with Gasteiger partial charge in [0.25, 0.3) is 0 Å². The Morgan fingerprint density at radius 2 is 2.32 bits per heavy atom. The van der Waals surface area contributed by atoms with Gasteiger partial charge in [-0.1, -0.05) is 11.6 Å². The van der Waals surface area contributed by atoms with E-state index in [9.17, 15) is 10.1 Å². The van der Waals surface area contributed by atoms with Gasteiger partial charge in [-0.15, -0.1) is 0 Å². The van der Waals surface area contributed by atoms with Crippen LogP contribution < -0.4 is 10.1 Å². The molecule has 100 valence electrons. The van der Waals surface area contributed by atoms with Crippen LogP contribution in [0.5, 0.6) is 5.75 Å². The summed E-state index contributed by atoms with van der Waals surface area (Å²) in [4.78, 5) is 13.5. The van der Waals surface area contributed by atoms with Crippen LogP contribution >= 0.6 is 0 Å². The Labute approximate surface area is 112 Å². The lowest BCUT2D eigenvalue weighted by Crippen LogP contribution is -2.49. The Balaban J connectivity index is 2.39. The first-order chi connectivity index (χ1) is 9.17. The second-order valence-electron chi connectivity index (χ2n) is 4.54. The first-order valence-corrected chi connectivity index (χ1v) is 6.21. The van der Waals surface area contributed by atoms with Crippen LogP contribution in [0.2, 0.25) is 0 Å². The average molecular weight is 259 g/mol. The summed E-state index contributed by atoms with van der Waals surface area (Å²) in [5, 5.41) is 12.4. The smallest absolute Gasteiger partial charge is 0.237 e. The molecule has 5 heteroatoms. The van der Waals surface area contributed by atoms with Crippen molar-refractivity contribution in [3.05, 3.63) is 29.3 Å². The van der Waals surface area contributed by atoms with Gasteiger partial charge in [0.1, 0.15) is 11.8 Å². The highest BCUT2D eigenvalue weighted by atomic mass is 16.5. The van der Waals surface area contributed by atoms with Gasteiger partial charge in [-0.05, 0) is 19.1 Å². The molecule has 0 aromatic heterocycles. The Kier molecular flexibility index (Phi) is 4.03. The lowest BCUT2D eigenvalue weighted by Gasteiger charge is -2.32. The van der Waals surface area contributed by atoms with Crippen molar-refractivity contribution < 1.29 is 9.53 Å². The van der Waals surface area contributed by atoms with Crippen LogP contribution in [0.15, 0.2) is 18.2 Å². The zero-order valence-corrected chi connectivity index (χ0v) is 11.1. The molecule has 1 atom stereocenters. The van der Waals surface area contributed by atoms with Crippen LogP contribution in [0.4, 0.5) is 0 Å². The van der Waals surface area contributed by atoms with Crippen molar-refractivity contribution in [2.75, 3.05) is 26.7 Å². The fraction of sp³-hybridized carbons (Fsp3) is 0.429. The minimum Gasteiger partial charge on any atom is -0.496 e. The van der Waals surface area contributed by atoms with Crippen molar-refractivity contribution in [3.8, 4) is 11.8 Å². The van der Waals surface area contributed by atoms with E-state index in [0.29, 0.717) is 18.8 Å². The summed E-state index contributed by atoms with van der Waals surface area (Å²) in [5.74, 6) is 0.588. The van der Waals surface area contributed by atoms with Gasteiger partial charge >= 0.3 is 0 Å². The predicted molar refractivity (Wildman–Crippen MR) is 70.7 cm³/mol. The molecule has 0 spiro atoms. The van der Waals surface area contributed by atoms with Gasteiger partial charge in [0, 0.05) is 18.7 Å². The number of piperazine rings is 1. The van der Waals surface area contributed by atoms with Crippen molar-refractivity contribution in [3.63, 3.8) is 0 Å². The zero-order valence-electron chi connectivity index (χ0n) is 11.1. The van der Waals surface area contributed by atoms with Gasteiger partial charge in [-0.25, -0.2) is 0 Å². The lowest BCUT2D eigenvalue weighted by atomic mass is 10.0. The molecule has 0 radical (unpaired) electrons. The van der Waals surface area contributed by atoms with Gasteiger partial charge < -0.3 is 15.0 Å². The van der Waals surface area contributed by atoms with Gasteiger partial charge in [0.15, 0.2) is 0 Å². The standard InChI is InChI=1S/C14H17N3O2/c1-10-3-4-13(19-2)11(7-10)12(8-15)17-6-5-16-9-14(17)18/h3-4,7,12,16H,5-6,9H2,1-2H3. The molecule has 1 amide bonds. The molecule has 2 rings (SSSR count). The van der Waals surface area contributed by atoms with Crippen LogP contribution in [-0.4, -0.2) is 37.6 Å². The Bertz CT molecular complexity index is 522. The summed E-state index contributed by atoms with van der Waals surface area (Å²) in [6.07, 6.45) is 0. The summed E-state index contributed by atoms with van der Waals surface area (Å²) in [6.45, 7) is 3.48. The first-order valence-electron chi connectivity index (χ1n) is 6.21. The maximum Gasteiger partial charge on any atom is 0.237 e. The molecular formula is C14H17N3O2. The molecule has 19 heavy (non-hydrogen) atoms. The fourth-order valence-corrected chi connectivity index (χ4v) is 2.27. The summed E-state index contributed by atoms with van der Waals surface area (Å²) in [5.41, 5.74) is 1.79. The number of ether oxygens (including phenoxy) is 1. The highest BCUT2D eigenvalue weighted by molar-refractivity contribution is 5.80. The third-order valence-corrected chi connectivity index (χ3v) is 3.24. The molecule has 1 aliphatic rings. The second-order valence-corrected chi connectivity index (χ2v) is 4.54. The number of carbonyl (C=O) groups excluding carboxylic acids is 1. The molecule has 1 aliphatic heterocycles. The molecule has 1 unspecified atom stereocenters. The predicted octanol–water partition coefficient (Wildman–Crippen LogP) is 1.00. The number of hydrogen-bond acceptors (Lipinski definition) is 4.